The summed E-state index contributed by atoms with van der Waals surface area (Å²) in [6, 6.07) is 0. The molecule has 0 aliphatic heterocycles. The Morgan fingerprint density at radius 3 is 2.12 bits per heavy atom. The summed E-state index contributed by atoms with van der Waals surface area (Å²) in [5, 5.41) is 0. The maximum Gasteiger partial charge on any atom is -0.0143 e. The van der Waals surface area contributed by atoms with E-state index in [1.54, 1.807) is 31.3 Å². The first-order valence-corrected chi connectivity index (χ1v) is 12.2. The second-order valence-electron chi connectivity index (χ2n) is 10.2. The minimum Gasteiger partial charge on any atom is -0.0699 e. The van der Waals surface area contributed by atoms with E-state index in [0.29, 0.717) is 5.41 Å². The first-order valence-electron chi connectivity index (χ1n) is 12.2. The fraction of sp³-hybridized carbons (Fsp3) is 0.846. The summed E-state index contributed by atoms with van der Waals surface area (Å²) in [5.41, 5.74) is 4.29. The number of allylic oxidation sites excluding steroid dienone is 4. The molecule has 0 amide bonds. The Morgan fingerprint density at radius 1 is 0.577 bits per heavy atom. The Labute approximate surface area is 162 Å². The zero-order chi connectivity index (χ0) is 17.7. The van der Waals surface area contributed by atoms with E-state index in [1.807, 2.05) is 5.57 Å². The predicted octanol–water partition coefficient (Wildman–Crippen LogP) is 8.52. The molecule has 0 nitrogen and oxygen atoms in total. The summed E-state index contributed by atoms with van der Waals surface area (Å²) >= 11 is 0. The Hall–Kier alpha value is -0.520. The average molecular weight is 355 g/mol. The van der Waals surface area contributed by atoms with Gasteiger partial charge in [-0.2, -0.15) is 0 Å². The van der Waals surface area contributed by atoms with Crippen molar-refractivity contribution in [3.05, 3.63) is 23.3 Å². The van der Waals surface area contributed by atoms with Gasteiger partial charge >= 0.3 is 0 Å². The molecule has 0 radical (unpaired) electrons. The molecule has 0 saturated heterocycles. The molecular weight excluding hydrogens is 312 g/mol. The van der Waals surface area contributed by atoms with Gasteiger partial charge in [0.15, 0.2) is 0 Å². The lowest BCUT2D eigenvalue weighted by Crippen LogP contribution is -2.36. The quantitative estimate of drug-likeness (QED) is 0.442. The van der Waals surface area contributed by atoms with Crippen LogP contribution in [0.5, 0.6) is 0 Å². The largest absolute Gasteiger partial charge is 0.0699 e. The second kappa shape index (κ2) is 9.11. The zero-order valence-electron chi connectivity index (χ0n) is 17.2. The van der Waals surface area contributed by atoms with Crippen molar-refractivity contribution in [3.63, 3.8) is 0 Å². The molecule has 0 spiro atoms. The lowest BCUT2D eigenvalue weighted by molar-refractivity contribution is 0.0676. The smallest absolute Gasteiger partial charge is 0.0143 e. The topological polar surface area (TPSA) is 0 Å². The van der Waals surface area contributed by atoms with Gasteiger partial charge in [-0.25, -0.2) is 0 Å². The third-order valence-corrected chi connectivity index (χ3v) is 8.58. The van der Waals surface area contributed by atoms with Crippen LogP contribution in [0.15, 0.2) is 23.3 Å². The van der Waals surface area contributed by atoms with Crippen LogP contribution in [0.2, 0.25) is 0 Å². The van der Waals surface area contributed by atoms with Gasteiger partial charge in [0.2, 0.25) is 0 Å². The van der Waals surface area contributed by atoms with Crippen LogP contribution in [-0.2, 0) is 0 Å². The lowest BCUT2D eigenvalue weighted by Gasteiger charge is -2.48. The van der Waals surface area contributed by atoms with Crippen LogP contribution in [0.3, 0.4) is 0 Å². The van der Waals surface area contributed by atoms with Crippen molar-refractivity contribution in [3.8, 4) is 0 Å². The highest BCUT2D eigenvalue weighted by Crippen LogP contribution is 2.54. The van der Waals surface area contributed by atoms with Crippen molar-refractivity contribution in [2.45, 2.75) is 122 Å². The van der Waals surface area contributed by atoms with Gasteiger partial charge in [-0.05, 0) is 81.5 Å². The van der Waals surface area contributed by atoms with Gasteiger partial charge in [0, 0.05) is 0 Å². The van der Waals surface area contributed by atoms with E-state index < -0.39 is 0 Å². The highest BCUT2D eigenvalue weighted by atomic mass is 14.5. The van der Waals surface area contributed by atoms with Crippen LogP contribution in [-0.4, -0.2) is 0 Å². The van der Waals surface area contributed by atoms with E-state index in [4.69, 9.17) is 0 Å². The maximum atomic E-state index is 2.61. The summed E-state index contributed by atoms with van der Waals surface area (Å²) in [5.74, 6) is 1.98. The van der Waals surface area contributed by atoms with Gasteiger partial charge in [0.25, 0.3) is 0 Å². The lowest BCUT2D eigenvalue weighted by atomic mass is 9.57. The van der Waals surface area contributed by atoms with E-state index in [2.05, 4.69) is 12.2 Å². The molecule has 4 bridgehead atoms. The Balaban J connectivity index is 1.58. The van der Waals surface area contributed by atoms with E-state index in [-0.39, 0.29) is 0 Å². The van der Waals surface area contributed by atoms with Gasteiger partial charge < -0.3 is 0 Å². The summed E-state index contributed by atoms with van der Waals surface area (Å²) in [4.78, 5) is 0. The van der Waals surface area contributed by atoms with Gasteiger partial charge in [-0.3, -0.25) is 0 Å². The number of hydrogen-bond donors (Lipinski definition) is 0. The minimum atomic E-state index is 0.673. The van der Waals surface area contributed by atoms with Gasteiger partial charge in [0.1, 0.15) is 0 Å². The zero-order valence-corrected chi connectivity index (χ0v) is 17.2. The molecule has 6 aliphatic carbocycles. The molecule has 6 aliphatic rings. The molecule has 0 aromatic rings. The van der Waals surface area contributed by atoms with Crippen LogP contribution in [0.1, 0.15) is 122 Å². The highest BCUT2D eigenvalue weighted by molar-refractivity contribution is 5.27. The van der Waals surface area contributed by atoms with Crippen molar-refractivity contribution < 1.29 is 0 Å². The number of fused-ring (bicyclic) bond motifs is 16. The van der Waals surface area contributed by atoms with Crippen molar-refractivity contribution in [1.29, 1.82) is 0 Å². The van der Waals surface area contributed by atoms with Crippen LogP contribution >= 0.6 is 0 Å². The normalized spacial score (nSPS) is 37.2. The van der Waals surface area contributed by atoms with Crippen molar-refractivity contribution in [2.75, 3.05) is 0 Å². The van der Waals surface area contributed by atoms with Crippen LogP contribution in [0.25, 0.3) is 0 Å². The maximum absolute atomic E-state index is 2.61. The molecule has 0 aromatic carbocycles. The van der Waals surface area contributed by atoms with Gasteiger partial charge in [0.05, 0.1) is 0 Å². The Bertz CT molecular complexity index is 495. The molecule has 146 valence electrons. The van der Waals surface area contributed by atoms with Gasteiger partial charge in [-0.1, -0.05) is 81.1 Å². The molecule has 6 rings (SSSR count). The van der Waals surface area contributed by atoms with Crippen LogP contribution in [0, 0.1) is 17.3 Å². The standard InChI is InChI=1S/C26H42/c1-2-6-11-23-17-20-26(21-18-23,19-9-5-1)25-12-8-4-3-7-10-22-13-15-24(25)16-14-22/h13,15,23,25H,1-12,14,16-21H2. The van der Waals surface area contributed by atoms with E-state index in [9.17, 15) is 0 Å². The van der Waals surface area contributed by atoms with Crippen LogP contribution in [0.4, 0.5) is 0 Å². The molecule has 1 atom stereocenters. The molecule has 0 aromatic heterocycles. The van der Waals surface area contributed by atoms with E-state index in [1.165, 1.54) is 96.3 Å². The molecule has 1 unspecified atom stereocenters. The summed E-state index contributed by atoms with van der Waals surface area (Å²) in [6.07, 6.45) is 33.5. The number of rotatable bonds is 1. The molecule has 4 saturated carbocycles. The fourth-order valence-electron chi connectivity index (χ4n) is 6.89. The third kappa shape index (κ3) is 4.48. The number of hydrogen-bond acceptors (Lipinski definition) is 0. The molecular formula is C26H42. The molecule has 0 heterocycles. The molecule has 0 heteroatoms. The second-order valence-corrected chi connectivity index (χ2v) is 10.2. The first-order chi connectivity index (χ1) is 12.9. The van der Waals surface area contributed by atoms with Crippen molar-refractivity contribution in [2.24, 2.45) is 17.3 Å². The van der Waals surface area contributed by atoms with Crippen LogP contribution < -0.4 is 0 Å². The minimum absolute atomic E-state index is 0.673. The predicted molar refractivity (Wildman–Crippen MR) is 113 cm³/mol. The van der Waals surface area contributed by atoms with Crippen molar-refractivity contribution in [1.82, 2.24) is 0 Å². The average Bonchev–Trinajstić information content (AvgIpc) is 2.81. The summed E-state index contributed by atoms with van der Waals surface area (Å²) in [6.45, 7) is 0. The molecule has 26 heavy (non-hydrogen) atoms. The summed E-state index contributed by atoms with van der Waals surface area (Å²) < 4.78 is 0. The van der Waals surface area contributed by atoms with Gasteiger partial charge in [-0.15, -0.1) is 0 Å². The molecule has 0 N–H and O–H groups in total. The first kappa shape index (κ1) is 18.8. The van der Waals surface area contributed by atoms with E-state index >= 15 is 0 Å². The Kier molecular flexibility index (Phi) is 6.60. The molecule has 4 fully saturated rings. The highest BCUT2D eigenvalue weighted by Gasteiger charge is 2.42. The fourth-order valence-corrected chi connectivity index (χ4v) is 6.89. The van der Waals surface area contributed by atoms with Crippen molar-refractivity contribution >= 4 is 0 Å². The van der Waals surface area contributed by atoms with E-state index in [0.717, 1.165) is 11.8 Å². The monoisotopic (exact) mass is 354 g/mol. The Morgan fingerprint density at radius 2 is 1.31 bits per heavy atom. The summed E-state index contributed by atoms with van der Waals surface area (Å²) in [7, 11) is 0. The third-order valence-electron chi connectivity index (χ3n) is 8.58. The SMILES string of the molecule is C1=C2CCCCCCC(C34CCCCCCCC(CC3)CC4)C(=C1)CC2.